The van der Waals surface area contributed by atoms with Crippen molar-refractivity contribution < 1.29 is 9.59 Å². The third-order valence-corrected chi connectivity index (χ3v) is 4.17. The normalized spacial score (nSPS) is 14.8. The summed E-state index contributed by atoms with van der Waals surface area (Å²) in [7, 11) is 1.73. The Balaban J connectivity index is 0.000000614. The van der Waals surface area contributed by atoms with Gasteiger partial charge in [0.05, 0.1) is 11.4 Å². The van der Waals surface area contributed by atoms with E-state index in [1.807, 2.05) is 45.9 Å². The van der Waals surface area contributed by atoms with E-state index in [1.54, 1.807) is 11.9 Å². The standard InChI is InChI=1S/C13H16N2OS.C4H9NO.C2H6/c1-9(2)10-6-4-5-7-11(10)15-12(16)8-17-13(15)14-3;1-4(2)5-3-6;1-2/h4-7,9H,8H2,1-3H3;3-4H,1-2H3,(H,5,6);1-2H3. The number of amidine groups is 1. The predicted molar refractivity (Wildman–Crippen MR) is 110 cm³/mol. The number of thioether (sulfide) groups is 1. The maximum atomic E-state index is 11.9. The molecule has 0 aliphatic carbocycles. The minimum atomic E-state index is 0.115. The molecule has 25 heavy (non-hydrogen) atoms. The quantitative estimate of drug-likeness (QED) is 0.819. The van der Waals surface area contributed by atoms with Gasteiger partial charge in [0.2, 0.25) is 12.3 Å². The van der Waals surface area contributed by atoms with Crippen LogP contribution in [0.3, 0.4) is 0 Å². The zero-order valence-electron chi connectivity index (χ0n) is 16.4. The second-order valence-corrected chi connectivity index (χ2v) is 6.62. The second-order valence-electron chi connectivity index (χ2n) is 5.68. The zero-order chi connectivity index (χ0) is 19.4. The summed E-state index contributed by atoms with van der Waals surface area (Å²) in [4.78, 5) is 27.4. The molecule has 0 radical (unpaired) electrons. The van der Waals surface area contributed by atoms with Crippen molar-refractivity contribution in [2.75, 3.05) is 17.7 Å². The van der Waals surface area contributed by atoms with E-state index in [-0.39, 0.29) is 11.9 Å². The highest BCUT2D eigenvalue weighted by Crippen LogP contribution is 2.32. The molecule has 1 fully saturated rings. The van der Waals surface area contributed by atoms with Crippen molar-refractivity contribution in [1.82, 2.24) is 5.32 Å². The first-order valence-corrected chi connectivity index (χ1v) is 9.62. The molecule has 1 saturated heterocycles. The lowest BCUT2D eigenvalue weighted by atomic mass is 10.0. The van der Waals surface area contributed by atoms with Gasteiger partial charge in [-0.05, 0) is 31.4 Å². The van der Waals surface area contributed by atoms with E-state index in [2.05, 4.69) is 30.2 Å². The topological polar surface area (TPSA) is 61.8 Å². The monoisotopic (exact) mass is 365 g/mol. The number of nitrogens with one attached hydrogen (secondary N) is 1. The molecule has 1 heterocycles. The highest BCUT2D eigenvalue weighted by molar-refractivity contribution is 8.15. The van der Waals surface area contributed by atoms with Gasteiger partial charge in [0.25, 0.3) is 0 Å². The first kappa shape index (κ1) is 23.2. The van der Waals surface area contributed by atoms with Gasteiger partial charge < -0.3 is 5.32 Å². The minimum Gasteiger partial charge on any atom is -0.357 e. The number of benzene rings is 1. The number of carbonyl (C=O) groups is 2. The molecular weight excluding hydrogens is 334 g/mol. The molecule has 0 saturated carbocycles. The lowest BCUT2D eigenvalue weighted by Crippen LogP contribution is -2.30. The van der Waals surface area contributed by atoms with Crippen molar-refractivity contribution in [3.63, 3.8) is 0 Å². The lowest BCUT2D eigenvalue weighted by Gasteiger charge is -2.21. The van der Waals surface area contributed by atoms with E-state index >= 15 is 0 Å². The van der Waals surface area contributed by atoms with Crippen molar-refractivity contribution in [3.05, 3.63) is 29.8 Å². The maximum Gasteiger partial charge on any atom is 0.243 e. The number of aliphatic imine (C=N–C) groups is 1. The molecule has 2 amide bonds. The van der Waals surface area contributed by atoms with Crippen molar-refractivity contribution in [3.8, 4) is 0 Å². The van der Waals surface area contributed by atoms with Crippen molar-refractivity contribution in [2.45, 2.75) is 53.5 Å². The molecule has 0 unspecified atom stereocenters. The Morgan fingerprint density at radius 2 is 1.80 bits per heavy atom. The fraction of sp³-hybridized carbons (Fsp3) is 0.526. The van der Waals surface area contributed by atoms with Crippen LogP contribution in [-0.4, -0.2) is 36.3 Å². The molecule has 1 aliphatic rings. The van der Waals surface area contributed by atoms with Crippen molar-refractivity contribution in [2.24, 2.45) is 4.99 Å². The average Bonchev–Trinajstić information content (AvgIpc) is 2.97. The number of anilines is 1. The van der Waals surface area contributed by atoms with E-state index < -0.39 is 0 Å². The van der Waals surface area contributed by atoms with Gasteiger partial charge in [-0.2, -0.15) is 0 Å². The van der Waals surface area contributed by atoms with Gasteiger partial charge in [-0.1, -0.05) is 57.7 Å². The Labute approximate surface area is 156 Å². The molecule has 5 nitrogen and oxygen atoms in total. The van der Waals surface area contributed by atoms with E-state index in [0.29, 0.717) is 18.1 Å². The number of nitrogens with zero attached hydrogens (tertiary/aromatic N) is 2. The Kier molecular flexibility index (Phi) is 11.6. The number of hydrogen-bond acceptors (Lipinski definition) is 4. The Morgan fingerprint density at radius 3 is 2.24 bits per heavy atom. The van der Waals surface area contributed by atoms with Crippen LogP contribution in [0.2, 0.25) is 0 Å². The molecule has 1 aliphatic heterocycles. The molecule has 2 rings (SSSR count). The van der Waals surface area contributed by atoms with Gasteiger partial charge in [-0.15, -0.1) is 0 Å². The fourth-order valence-corrected chi connectivity index (χ4v) is 2.92. The average molecular weight is 366 g/mol. The summed E-state index contributed by atoms with van der Waals surface area (Å²) in [6.45, 7) is 12.1. The Hall–Kier alpha value is -1.82. The summed E-state index contributed by atoms with van der Waals surface area (Å²) < 4.78 is 0. The Morgan fingerprint density at radius 1 is 1.20 bits per heavy atom. The predicted octanol–water partition coefficient (Wildman–Crippen LogP) is 4.04. The third-order valence-electron chi connectivity index (χ3n) is 3.16. The first-order chi connectivity index (χ1) is 11.9. The third kappa shape index (κ3) is 7.30. The van der Waals surface area contributed by atoms with Crippen LogP contribution in [0.15, 0.2) is 29.3 Å². The largest absolute Gasteiger partial charge is 0.357 e. The van der Waals surface area contributed by atoms with Crippen LogP contribution in [0.1, 0.15) is 53.0 Å². The summed E-state index contributed by atoms with van der Waals surface area (Å²) >= 11 is 1.50. The first-order valence-electron chi connectivity index (χ1n) is 8.63. The zero-order valence-corrected chi connectivity index (χ0v) is 17.2. The number of carbonyl (C=O) groups excluding carboxylic acids is 2. The number of hydrogen-bond donors (Lipinski definition) is 1. The number of rotatable bonds is 4. The molecule has 0 aromatic heterocycles. The Bertz CT molecular complexity index is 572. The minimum absolute atomic E-state index is 0.115. The van der Waals surface area contributed by atoms with E-state index in [0.717, 1.165) is 10.9 Å². The van der Waals surface area contributed by atoms with Gasteiger partial charge in [0.1, 0.15) is 0 Å². The van der Waals surface area contributed by atoms with Crippen molar-refractivity contribution >= 4 is 34.9 Å². The van der Waals surface area contributed by atoms with E-state index in [4.69, 9.17) is 0 Å². The molecule has 140 valence electrons. The summed E-state index contributed by atoms with van der Waals surface area (Å²) in [5, 5.41) is 3.32. The molecule has 0 spiro atoms. The van der Waals surface area contributed by atoms with Crippen LogP contribution >= 0.6 is 11.8 Å². The molecule has 1 N–H and O–H groups in total. The van der Waals surface area contributed by atoms with E-state index in [1.165, 1.54) is 17.3 Å². The van der Waals surface area contributed by atoms with Gasteiger partial charge >= 0.3 is 0 Å². The number of amides is 2. The highest BCUT2D eigenvalue weighted by atomic mass is 32.2. The molecule has 1 aromatic carbocycles. The maximum absolute atomic E-state index is 11.9. The molecule has 6 heteroatoms. The summed E-state index contributed by atoms with van der Waals surface area (Å²) in [5.41, 5.74) is 2.16. The molecule has 0 bridgehead atoms. The summed E-state index contributed by atoms with van der Waals surface area (Å²) in [5.74, 6) is 0.991. The summed E-state index contributed by atoms with van der Waals surface area (Å²) in [6, 6.07) is 8.32. The van der Waals surface area contributed by atoms with Crippen molar-refractivity contribution in [1.29, 1.82) is 0 Å². The van der Waals surface area contributed by atoms with Crippen LogP contribution < -0.4 is 10.2 Å². The van der Waals surface area contributed by atoms with Gasteiger partial charge in [0.15, 0.2) is 5.17 Å². The summed E-state index contributed by atoms with van der Waals surface area (Å²) in [6.07, 6.45) is 0.699. The van der Waals surface area contributed by atoms with Crippen LogP contribution in [0.4, 0.5) is 5.69 Å². The van der Waals surface area contributed by atoms with Crippen LogP contribution in [-0.2, 0) is 9.59 Å². The lowest BCUT2D eigenvalue weighted by molar-refractivity contribution is -0.115. The van der Waals surface area contributed by atoms with Crippen LogP contribution in [0.25, 0.3) is 0 Å². The number of para-hydroxylation sites is 1. The molecule has 0 atom stereocenters. The molecular formula is C19H31N3O2S. The highest BCUT2D eigenvalue weighted by Gasteiger charge is 2.30. The fourth-order valence-electron chi connectivity index (χ4n) is 2.08. The van der Waals surface area contributed by atoms with Gasteiger partial charge in [-0.25, -0.2) is 0 Å². The smallest absolute Gasteiger partial charge is 0.243 e. The molecule has 1 aromatic rings. The van der Waals surface area contributed by atoms with Crippen LogP contribution in [0, 0.1) is 0 Å². The van der Waals surface area contributed by atoms with Gasteiger partial charge in [0, 0.05) is 13.1 Å². The van der Waals surface area contributed by atoms with Gasteiger partial charge in [-0.3, -0.25) is 19.5 Å². The SMILES string of the molecule is CC.CC(C)NC=O.CN=C1SCC(=O)N1c1ccccc1C(C)C. The van der Waals surface area contributed by atoms with Crippen LogP contribution in [0.5, 0.6) is 0 Å². The van der Waals surface area contributed by atoms with E-state index in [9.17, 15) is 9.59 Å². The second kappa shape index (κ2) is 12.5.